The number of carbonyl (C=O) groups excluding carboxylic acids is 2. The number of aliphatic imine (C=N–C) groups is 1. The van der Waals surface area contributed by atoms with Crippen molar-refractivity contribution >= 4 is 51.7 Å². The molecule has 1 unspecified atom stereocenters. The lowest BCUT2D eigenvalue weighted by Gasteiger charge is -2.31. The molecular formula is C24H28ClN3O2S. The van der Waals surface area contributed by atoms with Gasteiger partial charge in [0.05, 0.1) is 5.69 Å². The second kappa shape index (κ2) is 11.9. The van der Waals surface area contributed by atoms with Crippen LogP contribution in [0.3, 0.4) is 0 Å². The summed E-state index contributed by atoms with van der Waals surface area (Å²) >= 11 is 7.27. The number of hydrogen-bond donors (Lipinski definition) is 1. The Kier molecular flexibility index (Phi) is 8.98. The molecule has 1 saturated heterocycles. The van der Waals surface area contributed by atoms with E-state index < -0.39 is 5.25 Å². The second-order valence-corrected chi connectivity index (χ2v) is 9.10. The smallest absolute Gasteiger partial charge is 0.238 e. The topological polar surface area (TPSA) is 61.8 Å². The molecule has 2 aromatic rings. The van der Waals surface area contributed by atoms with Crippen LogP contribution in [0, 0.1) is 0 Å². The van der Waals surface area contributed by atoms with E-state index in [-0.39, 0.29) is 18.2 Å². The summed E-state index contributed by atoms with van der Waals surface area (Å²) in [4.78, 5) is 32.3. The van der Waals surface area contributed by atoms with E-state index in [1.54, 1.807) is 29.2 Å². The van der Waals surface area contributed by atoms with Gasteiger partial charge in [-0.2, -0.15) is 0 Å². The lowest BCUT2D eigenvalue weighted by atomic mass is 10.1. The van der Waals surface area contributed by atoms with E-state index in [0.29, 0.717) is 22.4 Å². The van der Waals surface area contributed by atoms with Crippen LogP contribution in [-0.4, -0.2) is 33.7 Å². The van der Waals surface area contributed by atoms with E-state index in [2.05, 4.69) is 12.2 Å². The third-order valence-electron chi connectivity index (χ3n) is 5.01. The fourth-order valence-corrected chi connectivity index (χ4v) is 4.55. The Morgan fingerprint density at radius 2 is 1.81 bits per heavy atom. The maximum Gasteiger partial charge on any atom is 0.238 e. The van der Waals surface area contributed by atoms with Crippen LogP contribution < -0.4 is 5.32 Å². The number of unbranched alkanes of at least 4 members (excludes halogenated alkanes) is 4. The fraction of sp³-hybridized carbons (Fsp3) is 0.375. The van der Waals surface area contributed by atoms with E-state index >= 15 is 0 Å². The zero-order valence-corrected chi connectivity index (χ0v) is 19.3. The number of anilines is 1. The molecule has 2 aromatic carbocycles. The molecule has 2 amide bonds. The van der Waals surface area contributed by atoms with Crippen LogP contribution in [0.2, 0.25) is 5.02 Å². The molecule has 1 N–H and O–H groups in total. The van der Waals surface area contributed by atoms with Gasteiger partial charge >= 0.3 is 0 Å². The summed E-state index contributed by atoms with van der Waals surface area (Å²) in [7, 11) is 0. The first-order valence-electron chi connectivity index (χ1n) is 10.7. The van der Waals surface area contributed by atoms with Gasteiger partial charge in [-0.05, 0) is 42.8 Å². The van der Waals surface area contributed by atoms with E-state index in [4.69, 9.17) is 16.6 Å². The van der Waals surface area contributed by atoms with Crippen molar-refractivity contribution in [3.63, 3.8) is 0 Å². The third-order valence-corrected chi connectivity index (χ3v) is 6.45. The van der Waals surface area contributed by atoms with Gasteiger partial charge in [-0.15, -0.1) is 0 Å². The number of para-hydroxylation sites is 1. The van der Waals surface area contributed by atoms with Crippen LogP contribution in [-0.2, 0) is 9.59 Å². The van der Waals surface area contributed by atoms with Gasteiger partial charge < -0.3 is 5.32 Å². The van der Waals surface area contributed by atoms with Crippen molar-refractivity contribution in [3.8, 4) is 0 Å². The summed E-state index contributed by atoms with van der Waals surface area (Å²) in [6.45, 7) is 2.82. The maximum atomic E-state index is 13.0. The lowest BCUT2D eigenvalue weighted by Crippen LogP contribution is -2.45. The Hall–Kier alpha value is -2.31. The van der Waals surface area contributed by atoms with Crippen molar-refractivity contribution < 1.29 is 9.59 Å². The minimum absolute atomic E-state index is 0.0554. The number of amides is 2. The predicted octanol–water partition coefficient (Wildman–Crippen LogP) is 6.27. The molecule has 1 aliphatic rings. The molecule has 0 saturated carbocycles. The van der Waals surface area contributed by atoms with Gasteiger partial charge in [-0.25, -0.2) is 4.99 Å². The molecule has 3 rings (SSSR count). The summed E-state index contributed by atoms with van der Waals surface area (Å²) in [5.41, 5.74) is 1.43. The van der Waals surface area contributed by atoms with Crippen LogP contribution in [0.25, 0.3) is 0 Å². The Bertz CT molecular complexity index is 903. The summed E-state index contributed by atoms with van der Waals surface area (Å²) < 4.78 is 0. The van der Waals surface area contributed by atoms with Crippen molar-refractivity contribution in [1.82, 2.24) is 4.90 Å². The van der Waals surface area contributed by atoms with Crippen LogP contribution in [0.15, 0.2) is 59.6 Å². The standard InChI is InChI=1S/C24H28ClN3O2S/c1-2-3-4-5-9-16-28-22(29)17-21(23(30)26-20-14-12-18(25)13-15-20)31-24(28)27-19-10-7-6-8-11-19/h6-8,10-15,21H,2-5,9,16-17H2,1H3,(H,26,30). The molecule has 0 radical (unpaired) electrons. The molecule has 31 heavy (non-hydrogen) atoms. The van der Waals surface area contributed by atoms with Crippen LogP contribution in [0.1, 0.15) is 45.4 Å². The van der Waals surface area contributed by atoms with Crippen molar-refractivity contribution in [1.29, 1.82) is 0 Å². The summed E-state index contributed by atoms with van der Waals surface area (Å²) in [5.74, 6) is -0.260. The molecule has 7 heteroatoms. The average Bonchev–Trinajstić information content (AvgIpc) is 2.77. The first-order valence-corrected chi connectivity index (χ1v) is 12.0. The van der Waals surface area contributed by atoms with E-state index in [1.807, 2.05) is 30.3 Å². The lowest BCUT2D eigenvalue weighted by molar-refractivity contribution is -0.129. The highest BCUT2D eigenvalue weighted by molar-refractivity contribution is 8.15. The largest absolute Gasteiger partial charge is 0.325 e. The molecule has 1 aliphatic heterocycles. The number of nitrogens with zero attached hydrogens (tertiary/aromatic N) is 2. The highest BCUT2D eigenvalue weighted by atomic mass is 35.5. The first-order chi connectivity index (χ1) is 15.1. The molecule has 5 nitrogen and oxygen atoms in total. The molecule has 1 heterocycles. The number of thioether (sulfide) groups is 1. The molecule has 164 valence electrons. The van der Waals surface area contributed by atoms with Crippen molar-refractivity contribution in [2.45, 2.75) is 50.7 Å². The zero-order valence-electron chi connectivity index (χ0n) is 17.7. The molecule has 0 spiro atoms. The summed E-state index contributed by atoms with van der Waals surface area (Å²) in [5, 5.41) is 3.55. The zero-order chi connectivity index (χ0) is 22.1. The highest BCUT2D eigenvalue weighted by Gasteiger charge is 2.35. The van der Waals surface area contributed by atoms with Gasteiger partial charge in [0.25, 0.3) is 0 Å². The van der Waals surface area contributed by atoms with Gasteiger partial charge in [0.2, 0.25) is 11.8 Å². The van der Waals surface area contributed by atoms with Crippen LogP contribution in [0.5, 0.6) is 0 Å². The number of nitrogens with one attached hydrogen (secondary N) is 1. The number of hydrogen-bond acceptors (Lipinski definition) is 4. The van der Waals surface area contributed by atoms with Gasteiger partial charge in [0.1, 0.15) is 5.25 Å². The summed E-state index contributed by atoms with van der Waals surface area (Å²) in [6.07, 6.45) is 5.74. The Morgan fingerprint density at radius 3 is 2.52 bits per heavy atom. The Balaban J connectivity index is 1.72. The quantitative estimate of drug-likeness (QED) is 0.451. The van der Waals surface area contributed by atoms with E-state index in [1.165, 1.54) is 31.0 Å². The molecule has 1 atom stereocenters. The molecular weight excluding hydrogens is 430 g/mol. The molecule has 0 bridgehead atoms. The second-order valence-electron chi connectivity index (χ2n) is 7.50. The SMILES string of the molecule is CCCCCCCN1C(=O)CC(C(=O)Nc2ccc(Cl)cc2)SC1=Nc1ccccc1. The first kappa shape index (κ1) is 23.4. The number of rotatable bonds is 9. The van der Waals surface area contributed by atoms with Gasteiger partial charge in [0.15, 0.2) is 5.17 Å². The van der Waals surface area contributed by atoms with Crippen molar-refractivity contribution in [2.24, 2.45) is 4.99 Å². The highest BCUT2D eigenvalue weighted by Crippen LogP contribution is 2.30. The minimum atomic E-state index is -0.526. The maximum absolute atomic E-state index is 13.0. The van der Waals surface area contributed by atoms with Crippen LogP contribution >= 0.6 is 23.4 Å². The molecule has 0 aliphatic carbocycles. The number of halogens is 1. The number of carbonyl (C=O) groups is 2. The van der Waals surface area contributed by atoms with Gasteiger partial charge in [-0.3, -0.25) is 14.5 Å². The van der Waals surface area contributed by atoms with Gasteiger partial charge in [0, 0.05) is 23.7 Å². The third kappa shape index (κ3) is 7.11. The Morgan fingerprint density at radius 1 is 1.10 bits per heavy atom. The number of amidine groups is 1. The normalized spacial score (nSPS) is 17.7. The van der Waals surface area contributed by atoms with Gasteiger partial charge in [-0.1, -0.05) is 74.2 Å². The summed E-state index contributed by atoms with van der Waals surface area (Å²) in [6, 6.07) is 16.5. The number of benzene rings is 2. The molecule has 1 fully saturated rings. The monoisotopic (exact) mass is 457 g/mol. The predicted molar refractivity (Wildman–Crippen MR) is 130 cm³/mol. The van der Waals surface area contributed by atoms with Crippen molar-refractivity contribution in [2.75, 3.05) is 11.9 Å². The van der Waals surface area contributed by atoms with E-state index in [0.717, 1.165) is 18.5 Å². The molecule has 0 aromatic heterocycles. The minimum Gasteiger partial charge on any atom is -0.325 e. The van der Waals surface area contributed by atoms with Crippen molar-refractivity contribution in [3.05, 3.63) is 59.6 Å². The Labute approximate surface area is 193 Å². The van der Waals surface area contributed by atoms with E-state index in [9.17, 15) is 9.59 Å². The fourth-order valence-electron chi connectivity index (χ4n) is 3.30. The average molecular weight is 458 g/mol. The van der Waals surface area contributed by atoms with Crippen LogP contribution in [0.4, 0.5) is 11.4 Å².